The smallest absolute Gasteiger partial charge is 0.462 e. The van der Waals surface area contributed by atoms with Gasteiger partial charge in [-0.2, -0.15) is 0 Å². The molecule has 0 saturated heterocycles. The molecule has 100 heavy (non-hydrogen) atoms. The van der Waals surface area contributed by atoms with E-state index in [1.54, 1.807) is 0 Å². The van der Waals surface area contributed by atoms with E-state index in [9.17, 15) is 43.2 Å². The maximum atomic E-state index is 13.1. The Balaban J connectivity index is 5.24. The number of phosphoric ester groups is 2. The van der Waals surface area contributed by atoms with E-state index in [0.717, 1.165) is 95.8 Å². The SMILES string of the molecule is CCCCCCCCCCCCCCCCCCCCC(=O)OC[C@H](COP(=O)(O)OC[C@@H](O)COP(=O)(O)OC[C@@H](COC(=O)CCCCCCCCCCCCC)OC(=O)CCCCCCCCCCCCC(C)C)OC(=O)CCCCCCCCCCCCCCCCCCCC. The molecule has 0 rings (SSSR count). The lowest BCUT2D eigenvalue weighted by Crippen LogP contribution is -2.30. The summed E-state index contributed by atoms with van der Waals surface area (Å²) in [4.78, 5) is 73.0. The van der Waals surface area contributed by atoms with Crippen LogP contribution >= 0.6 is 15.6 Å². The summed E-state index contributed by atoms with van der Waals surface area (Å²) in [6, 6.07) is 0. The van der Waals surface area contributed by atoms with Gasteiger partial charge in [-0.15, -0.1) is 0 Å². The van der Waals surface area contributed by atoms with Crippen LogP contribution in [-0.4, -0.2) is 96.7 Å². The largest absolute Gasteiger partial charge is 0.472 e. The number of phosphoric acid groups is 2. The molecule has 0 aliphatic carbocycles. The van der Waals surface area contributed by atoms with Crippen molar-refractivity contribution in [3.8, 4) is 0 Å². The van der Waals surface area contributed by atoms with Gasteiger partial charge in [0.1, 0.15) is 19.3 Å². The minimum atomic E-state index is -4.96. The Bertz CT molecular complexity index is 1910. The van der Waals surface area contributed by atoms with Gasteiger partial charge in [0.15, 0.2) is 12.2 Å². The first-order valence-electron chi connectivity index (χ1n) is 42.1. The highest BCUT2D eigenvalue weighted by Crippen LogP contribution is 2.45. The molecule has 0 spiro atoms. The van der Waals surface area contributed by atoms with Gasteiger partial charge < -0.3 is 33.8 Å². The van der Waals surface area contributed by atoms with Crippen LogP contribution in [-0.2, 0) is 65.4 Å². The Kier molecular flexibility index (Phi) is 72.5. The topological polar surface area (TPSA) is 237 Å². The minimum absolute atomic E-state index is 0.107. The quantitative estimate of drug-likeness (QED) is 0.0222. The van der Waals surface area contributed by atoms with E-state index in [0.29, 0.717) is 25.7 Å². The number of carbonyl (C=O) groups excluding carboxylic acids is 4. The van der Waals surface area contributed by atoms with Gasteiger partial charge in [0.25, 0.3) is 0 Å². The standard InChI is InChI=1S/C81H158O17P2/c1-6-9-12-15-18-21-24-26-28-30-32-34-36-39-45-50-55-60-65-79(84)92-71-76(97-80(85)66-61-56-51-46-40-37-35-33-31-29-27-25-22-19-16-13-10-7-2)72-95-99(87,88)93-68-75(82)69-94-100(89,90)96-73-77(70-91-78(83)64-59-54-49-44-38-23-20-17-14-11-8-3)98-81(86)67-62-57-52-47-42-41-43-48-53-58-63-74(4)5/h74-77,82H,6-73H2,1-5H3,(H,87,88)(H,89,90)/t75-,76-,77-/m1/s1. The van der Waals surface area contributed by atoms with Crippen molar-refractivity contribution in [2.75, 3.05) is 39.6 Å². The number of rotatable bonds is 81. The fraction of sp³-hybridized carbons (Fsp3) is 0.951. The molecule has 0 bridgehead atoms. The zero-order valence-corrected chi connectivity index (χ0v) is 67.1. The van der Waals surface area contributed by atoms with Crippen molar-refractivity contribution >= 4 is 39.5 Å². The molecular formula is C81H158O17P2. The molecule has 0 saturated carbocycles. The molecule has 0 aromatic rings. The number of aliphatic hydroxyl groups excluding tert-OH is 1. The van der Waals surface area contributed by atoms with E-state index < -0.39 is 97.5 Å². The van der Waals surface area contributed by atoms with Gasteiger partial charge in [0, 0.05) is 25.7 Å². The summed E-state index contributed by atoms with van der Waals surface area (Å²) >= 11 is 0. The highest BCUT2D eigenvalue weighted by atomic mass is 31.2. The fourth-order valence-corrected chi connectivity index (χ4v) is 14.2. The molecule has 0 fully saturated rings. The monoisotopic (exact) mass is 1470 g/mol. The maximum absolute atomic E-state index is 13.1. The molecule has 0 aromatic carbocycles. The van der Waals surface area contributed by atoms with Gasteiger partial charge in [0.05, 0.1) is 26.4 Å². The lowest BCUT2D eigenvalue weighted by atomic mass is 10.0. The summed E-state index contributed by atoms with van der Waals surface area (Å²) in [5, 5.41) is 10.6. The molecule has 0 amide bonds. The van der Waals surface area contributed by atoms with E-state index in [-0.39, 0.29) is 25.7 Å². The van der Waals surface area contributed by atoms with Gasteiger partial charge >= 0.3 is 39.5 Å². The molecule has 0 heterocycles. The molecule has 19 heteroatoms. The van der Waals surface area contributed by atoms with Crippen molar-refractivity contribution in [3.05, 3.63) is 0 Å². The van der Waals surface area contributed by atoms with E-state index >= 15 is 0 Å². The first-order chi connectivity index (χ1) is 48.5. The normalized spacial score (nSPS) is 13.8. The van der Waals surface area contributed by atoms with Crippen molar-refractivity contribution in [1.82, 2.24) is 0 Å². The zero-order valence-electron chi connectivity index (χ0n) is 65.3. The maximum Gasteiger partial charge on any atom is 0.472 e. The van der Waals surface area contributed by atoms with E-state index in [4.69, 9.17) is 37.0 Å². The third-order valence-electron chi connectivity index (χ3n) is 19.0. The second kappa shape index (κ2) is 73.9. The zero-order chi connectivity index (χ0) is 73.4. The van der Waals surface area contributed by atoms with Crippen LogP contribution in [0.1, 0.15) is 433 Å². The number of esters is 4. The highest BCUT2D eigenvalue weighted by Gasteiger charge is 2.30. The van der Waals surface area contributed by atoms with E-state index in [2.05, 4.69) is 34.6 Å². The average Bonchev–Trinajstić information content (AvgIpc) is 0.938. The Morgan fingerprint density at radius 1 is 0.270 bits per heavy atom. The molecule has 0 radical (unpaired) electrons. The predicted octanol–water partition coefficient (Wildman–Crippen LogP) is 24.4. The number of hydrogen-bond acceptors (Lipinski definition) is 15. The van der Waals surface area contributed by atoms with Crippen molar-refractivity contribution in [2.24, 2.45) is 5.92 Å². The van der Waals surface area contributed by atoms with E-state index in [1.807, 2.05) is 0 Å². The summed E-state index contributed by atoms with van der Waals surface area (Å²) in [6.45, 7) is 7.32. The average molecular weight is 1470 g/mol. The molecular weight excluding hydrogens is 1310 g/mol. The van der Waals surface area contributed by atoms with Gasteiger partial charge in [-0.3, -0.25) is 37.3 Å². The fourth-order valence-electron chi connectivity index (χ4n) is 12.6. The molecule has 5 atom stereocenters. The van der Waals surface area contributed by atoms with Crippen LogP contribution in [0.15, 0.2) is 0 Å². The molecule has 17 nitrogen and oxygen atoms in total. The molecule has 2 unspecified atom stereocenters. The van der Waals surface area contributed by atoms with Crippen molar-refractivity contribution < 1.29 is 80.2 Å². The van der Waals surface area contributed by atoms with Crippen LogP contribution < -0.4 is 0 Å². The molecule has 594 valence electrons. The molecule has 0 aliphatic rings. The number of hydrogen-bond donors (Lipinski definition) is 3. The van der Waals surface area contributed by atoms with E-state index in [1.165, 1.54) is 257 Å². The second-order valence-corrected chi connectivity index (χ2v) is 32.5. The molecule has 0 aliphatic heterocycles. The van der Waals surface area contributed by atoms with Gasteiger partial charge in [-0.05, 0) is 31.6 Å². The van der Waals surface area contributed by atoms with Gasteiger partial charge in [-0.25, -0.2) is 9.13 Å². The predicted molar refractivity (Wildman–Crippen MR) is 409 cm³/mol. The van der Waals surface area contributed by atoms with Crippen LogP contribution in [0.3, 0.4) is 0 Å². The number of carbonyl (C=O) groups is 4. The van der Waals surface area contributed by atoms with Crippen LogP contribution in [0.2, 0.25) is 0 Å². The highest BCUT2D eigenvalue weighted by molar-refractivity contribution is 7.47. The van der Waals surface area contributed by atoms with Gasteiger partial charge in [0.2, 0.25) is 0 Å². The van der Waals surface area contributed by atoms with Gasteiger partial charge in [-0.1, -0.05) is 381 Å². The Morgan fingerprint density at radius 3 is 0.680 bits per heavy atom. The summed E-state index contributed by atoms with van der Waals surface area (Å²) < 4.78 is 68.7. The van der Waals surface area contributed by atoms with Crippen LogP contribution in [0.25, 0.3) is 0 Å². The third kappa shape index (κ3) is 74.3. The Hall–Kier alpha value is -1.94. The minimum Gasteiger partial charge on any atom is -0.462 e. The van der Waals surface area contributed by atoms with Crippen LogP contribution in [0.4, 0.5) is 0 Å². The molecule has 0 aromatic heterocycles. The summed E-state index contributed by atoms with van der Waals surface area (Å²) in [5.41, 5.74) is 0. The Morgan fingerprint density at radius 2 is 0.460 bits per heavy atom. The van der Waals surface area contributed by atoms with Crippen molar-refractivity contribution in [1.29, 1.82) is 0 Å². The third-order valence-corrected chi connectivity index (χ3v) is 20.9. The summed E-state index contributed by atoms with van der Waals surface area (Å²) in [6.07, 6.45) is 65.2. The van der Waals surface area contributed by atoms with Crippen LogP contribution in [0, 0.1) is 5.92 Å². The second-order valence-electron chi connectivity index (χ2n) is 29.6. The number of unbranched alkanes of at least 4 members (excludes halogenated alkanes) is 53. The molecule has 3 N–H and O–H groups in total. The Labute approximate surface area is 613 Å². The first kappa shape index (κ1) is 98.1. The number of aliphatic hydroxyl groups is 1. The van der Waals surface area contributed by atoms with Crippen molar-refractivity contribution in [3.63, 3.8) is 0 Å². The summed E-state index contributed by atoms with van der Waals surface area (Å²) in [5.74, 6) is -1.35. The summed E-state index contributed by atoms with van der Waals surface area (Å²) in [7, 11) is -9.92. The van der Waals surface area contributed by atoms with Crippen LogP contribution in [0.5, 0.6) is 0 Å². The van der Waals surface area contributed by atoms with Crippen molar-refractivity contribution in [2.45, 2.75) is 451 Å². The first-order valence-corrected chi connectivity index (χ1v) is 45.1. The number of ether oxygens (including phenoxy) is 4. The lowest BCUT2D eigenvalue weighted by molar-refractivity contribution is -0.161. The lowest BCUT2D eigenvalue weighted by Gasteiger charge is -2.21.